The van der Waals surface area contributed by atoms with Crippen molar-refractivity contribution in [3.63, 3.8) is 0 Å². The summed E-state index contributed by atoms with van der Waals surface area (Å²) in [6.07, 6.45) is 7.30. The summed E-state index contributed by atoms with van der Waals surface area (Å²) in [7, 11) is 0. The Morgan fingerprint density at radius 1 is 1.07 bits per heavy atom. The van der Waals surface area contributed by atoms with Gasteiger partial charge in [-0.05, 0) is 49.6 Å². The number of nitrogens with two attached hydrogens (primary N) is 1. The quantitative estimate of drug-likeness (QED) is 0.679. The number of primary amides is 1. The number of aromatic nitrogens is 3. The van der Waals surface area contributed by atoms with Gasteiger partial charge >= 0.3 is 0 Å². The number of hydrogen-bond acceptors (Lipinski definition) is 5. The molecule has 154 valence electrons. The highest BCUT2D eigenvalue weighted by Gasteiger charge is 2.30. The van der Waals surface area contributed by atoms with Crippen LogP contribution < -0.4 is 11.1 Å². The normalized spacial score (nSPS) is 16.6. The summed E-state index contributed by atoms with van der Waals surface area (Å²) in [4.78, 5) is 35.4. The van der Waals surface area contributed by atoms with Gasteiger partial charge in [-0.15, -0.1) is 0 Å². The first kappa shape index (κ1) is 18.6. The second-order valence-corrected chi connectivity index (χ2v) is 8.02. The lowest BCUT2D eigenvalue weighted by Crippen LogP contribution is -2.43. The summed E-state index contributed by atoms with van der Waals surface area (Å²) in [5, 5.41) is 4.06. The van der Waals surface area contributed by atoms with E-state index < -0.39 is 5.91 Å². The van der Waals surface area contributed by atoms with Gasteiger partial charge in [0.1, 0.15) is 11.3 Å². The molecule has 0 radical (unpaired) electrons. The van der Waals surface area contributed by atoms with Gasteiger partial charge in [-0.1, -0.05) is 12.8 Å². The largest absolute Gasteiger partial charge is 0.366 e. The number of likely N-dealkylation sites (tertiary alicyclic amines) is 1. The lowest BCUT2D eigenvalue weighted by Gasteiger charge is -2.31. The smallest absolute Gasteiger partial charge is 0.270 e. The van der Waals surface area contributed by atoms with Crippen molar-refractivity contribution in [2.24, 2.45) is 5.73 Å². The maximum Gasteiger partial charge on any atom is 0.270 e. The monoisotopic (exact) mass is 404 g/mol. The molecule has 2 fully saturated rings. The molecule has 3 N–H and O–H groups in total. The number of nitrogens with one attached hydrogen (secondary N) is 1. The molecule has 0 spiro atoms. The Bertz CT molecular complexity index is 1110. The van der Waals surface area contributed by atoms with Crippen LogP contribution in [0.3, 0.4) is 0 Å². The molecule has 3 aromatic rings. The number of benzene rings is 1. The summed E-state index contributed by atoms with van der Waals surface area (Å²) >= 11 is 0. The molecule has 5 rings (SSSR count). The van der Waals surface area contributed by atoms with E-state index in [2.05, 4.69) is 14.9 Å². The van der Waals surface area contributed by atoms with Crippen LogP contribution in [0.15, 0.2) is 36.5 Å². The first-order valence-corrected chi connectivity index (χ1v) is 10.4. The third kappa shape index (κ3) is 3.28. The van der Waals surface area contributed by atoms with Crippen LogP contribution in [0.4, 0.5) is 11.6 Å². The molecule has 1 saturated heterocycles. The number of carbonyl (C=O) groups excluding carboxylic acids is 2. The van der Waals surface area contributed by atoms with Crippen LogP contribution in [0.5, 0.6) is 0 Å². The lowest BCUT2D eigenvalue weighted by molar-refractivity contribution is 0.0638. The van der Waals surface area contributed by atoms with Gasteiger partial charge in [-0.3, -0.25) is 9.59 Å². The zero-order chi connectivity index (χ0) is 20.7. The van der Waals surface area contributed by atoms with E-state index in [9.17, 15) is 9.59 Å². The number of hydrogen-bond donors (Lipinski definition) is 2. The summed E-state index contributed by atoms with van der Waals surface area (Å²) in [6, 6.07) is 9.08. The van der Waals surface area contributed by atoms with Crippen molar-refractivity contribution in [2.45, 2.75) is 38.1 Å². The molecule has 2 aromatic heterocycles. The van der Waals surface area contributed by atoms with Crippen molar-refractivity contribution < 1.29 is 9.59 Å². The molecule has 2 aliphatic rings. The van der Waals surface area contributed by atoms with E-state index in [0.717, 1.165) is 49.1 Å². The summed E-state index contributed by atoms with van der Waals surface area (Å²) in [6.45, 7) is 1.65. The lowest BCUT2D eigenvalue weighted by atomic mass is 10.2. The zero-order valence-electron chi connectivity index (χ0n) is 16.7. The van der Waals surface area contributed by atoms with E-state index in [4.69, 9.17) is 10.7 Å². The average Bonchev–Trinajstić information content (AvgIpc) is 3.34. The highest BCUT2D eigenvalue weighted by molar-refractivity contribution is 5.98. The van der Waals surface area contributed by atoms with Crippen LogP contribution >= 0.6 is 0 Å². The fourth-order valence-electron chi connectivity index (χ4n) is 4.29. The van der Waals surface area contributed by atoms with Gasteiger partial charge in [0.05, 0.1) is 0 Å². The van der Waals surface area contributed by atoms with E-state index in [1.165, 1.54) is 12.8 Å². The van der Waals surface area contributed by atoms with Crippen LogP contribution in [0.1, 0.15) is 59.0 Å². The molecule has 8 nitrogen and oxygen atoms in total. The molecule has 1 aromatic carbocycles. The second-order valence-electron chi connectivity index (χ2n) is 8.02. The van der Waals surface area contributed by atoms with Gasteiger partial charge in [0, 0.05) is 42.0 Å². The van der Waals surface area contributed by atoms with E-state index in [-0.39, 0.29) is 5.91 Å². The molecule has 1 aliphatic heterocycles. The van der Waals surface area contributed by atoms with Gasteiger partial charge < -0.3 is 20.5 Å². The molecule has 0 bridgehead atoms. The summed E-state index contributed by atoms with van der Waals surface area (Å²) < 4.78 is 2.13. The highest BCUT2D eigenvalue weighted by atomic mass is 16.2. The van der Waals surface area contributed by atoms with Crippen molar-refractivity contribution in [1.29, 1.82) is 0 Å². The van der Waals surface area contributed by atoms with E-state index >= 15 is 0 Å². The molecular formula is C22H24N6O2. The minimum absolute atomic E-state index is 0.0858. The number of carbonyl (C=O) groups is 2. The zero-order valence-corrected chi connectivity index (χ0v) is 16.7. The Kier molecular flexibility index (Phi) is 4.61. The van der Waals surface area contributed by atoms with Gasteiger partial charge in [0.2, 0.25) is 11.9 Å². The first-order valence-electron chi connectivity index (χ1n) is 10.4. The maximum atomic E-state index is 13.0. The van der Waals surface area contributed by atoms with Crippen LogP contribution in [0, 0.1) is 0 Å². The molecule has 0 atom stereocenters. The molecule has 8 heteroatoms. The summed E-state index contributed by atoms with van der Waals surface area (Å²) in [5.41, 5.74) is 8.01. The van der Waals surface area contributed by atoms with Crippen LogP contribution in [0.25, 0.3) is 11.0 Å². The number of anilines is 2. The maximum absolute atomic E-state index is 13.0. The predicted octanol–water partition coefficient (Wildman–Crippen LogP) is 3.23. The standard InChI is InChI=1S/C22H24N6O2/c23-19(29)14-6-8-16(9-7-14)25-22-24-13-15-12-18(21(30)27-10-3-11-27)28(20(15)26-22)17-4-1-2-5-17/h6-9,12-13,17H,1-5,10-11H2,(H2,23,29)(H,24,25,26). The second kappa shape index (κ2) is 7.44. The summed E-state index contributed by atoms with van der Waals surface area (Å²) in [5.74, 6) is 0.0744. The number of amides is 2. The fraction of sp³-hybridized carbons (Fsp3) is 0.364. The Morgan fingerprint density at radius 2 is 1.80 bits per heavy atom. The molecule has 30 heavy (non-hydrogen) atoms. The Balaban J connectivity index is 1.51. The number of fused-ring (bicyclic) bond motifs is 1. The number of nitrogens with zero attached hydrogens (tertiary/aromatic N) is 4. The van der Waals surface area contributed by atoms with Gasteiger partial charge in [-0.25, -0.2) is 4.98 Å². The van der Waals surface area contributed by atoms with Crippen LogP contribution in [-0.2, 0) is 0 Å². The van der Waals surface area contributed by atoms with Crippen molar-refractivity contribution in [1.82, 2.24) is 19.4 Å². The molecular weight excluding hydrogens is 380 g/mol. The minimum Gasteiger partial charge on any atom is -0.366 e. The highest BCUT2D eigenvalue weighted by Crippen LogP contribution is 2.35. The molecule has 2 amide bonds. The predicted molar refractivity (Wildman–Crippen MR) is 114 cm³/mol. The van der Waals surface area contributed by atoms with Gasteiger partial charge in [-0.2, -0.15) is 4.98 Å². The first-order chi connectivity index (χ1) is 14.6. The Labute approximate surface area is 174 Å². The SMILES string of the molecule is NC(=O)c1ccc(Nc2ncc3cc(C(=O)N4CCC4)n(C4CCCC4)c3n2)cc1. The van der Waals surface area contributed by atoms with Crippen molar-refractivity contribution in [2.75, 3.05) is 18.4 Å². The third-order valence-corrected chi connectivity index (χ3v) is 6.05. The van der Waals surface area contributed by atoms with Crippen molar-refractivity contribution in [3.8, 4) is 0 Å². The van der Waals surface area contributed by atoms with Crippen molar-refractivity contribution >= 4 is 34.5 Å². The number of rotatable bonds is 5. The molecule has 3 heterocycles. The average molecular weight is 404 g/mol. The van der Waals surface area contributed by atoms with E-state index in [0.29, 0.717) is 23.2 Å². The van der Waals surface area contributed by atoms with Crippen LogP contribution in [0.2, 0.25) is 0 Å². The Hall–Kier alpha value is -3.42. The minimum atomic E-state index is -0.465. The van der Waals surface area contributed by atoms with Gasteiger partial charge in [0.15, 0.2) is 0 Å². The fourth-order valence-corrected chi connectivity index (χ4v) is 4.29. The van der Waals surface area contributed by atoms with E-state index in [1.54, 1.807) is 30.5 Å². The van der Waals surface area contributed by atoms with Gasteiger partial charge in [0.25, 0.3) is 5.91 Å². The van der Waals surface area contributed by atoms with Crippen molar-refractivity contribution in [3.05, 3.63) is 47.8 Å². The van der Waals surface area contributed by atoms with E-state index in [1.807, 2.05) is 11.0 Å². The third-order valence-electron chi connectivity index (χ3n) is 6.05. The molecule has 0 unspecified atom stereocenters. The molecule has 1 aliphatic carbocycles. The Morgan fingerprint density at radius 3 is 2.43 bits per heavy atom. The molecule has 1 saturated carbocycles. The van der Waals surface area contributed by atoms with Crippen LogP contribution in [-0.4, -0.2) is 44.3 Å². The topological polar surface area (TPSA) is 106 Å².